The molecule has 1 amide bonds. The fourth-order valence-electron chi connectivity index (χ4n) is 1.95. The predicted octanol–water partition coefficient (Wildman–Crippen LogP) is 4.95. The molecule has 11 heteroatoms. The van der Waals surface area contributed by atoms with Gasteiger partial charge in [0.05, 0.1) is 5.69 Å². The maximum Gasteiger partial charge on any atom is 0.296 e. The van der Waals surface area contributed by atoms with Gasteiger partial charge in [0.15, 0.2) is 11.6 Å². The van der Waals surface area contributed by atoms with E-state index in [9.17, 15) is 22.8 Å². The highest BCUT2D eigenvalue weighted by Crippen LogP contribution is 2.22. The molecule has 0 saturated heterocycles. The number of hydrogen-bond donors (Lipinski definition) is 2. The maximum atomic E-state index is 11.9. The first-order valence-corrected chi connectivity index (χ1v) is 10.2. The molecule has 0 aliphatic carbocycles. The van der Waals surface area contributed by atoms with Gasteiger partial charge >= 0.3 is 0 Å². The van der Waals surface area contributed by atoms with Crippen molar-refractivity contribution in [1.82, 2.24) is 0 Å². The van der Waals surface area contributed by atoms with Crippen LogP contribution in [0.5, 0.6) is 0 Å². The Balaban J connectivity index is -0.000000144. The number of rotatable bonds is 9. The average molecular weight is 516 g/mol. The number of carbonyl (C=O) groups is 3. The number of halogens is 1. The molecular weight excluding hydrogens is 469 g/mol. The second kappa shape index (κ2) is 20.2. The second-order valence-corrected chi connectivity index (χ2v) is 7.89. The van der Waals surface area contributed by atoms with E-state index in [0.717, 1.165) is 0 Å². The Kier molecular flexibility index (Phi) is 26.9. The van der Waals surface area contributed by atoms with Crippen molar-refractivity contribution in [2.24, 2.45) is 0 Å². The van der Waals surface area contributed by atoms with Gasteiger partial charge in [-0.2, -0.15) is 8.42 Å². The van der Waals surface area contributed by atoms with Gasteiger partial charge in [0.1, 0.15) is 16.6 Å². The zero-order valence-electron chi connectivity index (χ0n) is 17.9. The number of amides is 1. The van der Waals surface area contributed by atoms with Crippen molar-refractivity contribution in [1.29, 1.82) is 0 Å². The number of nitrogens with one attached hydrogen (secondary N) is 1. The summed E-state index contributed by atoms with van der Waals surface area (Å²) in [6, 6.07) is 5.50. The second-order valence-electron chi connectivity index (χ2n) is 6.50. The normalized spacial score (nSPS) is 12.0. The molecule has 2 atom stereocenters. The van der Waals surface area contributed by atoms with Crippen LogP contribution in [0.2, 0.25) is 0 Å². The van der Waals surface area contributed by atoms with E-state index in [1.807, 2.05) is 0 Å². The fraction of sp³-hybridized carbons (Fsp3) is 0.609. The Labute approximate surface area is 205 Å². The van der Waals surface area contributed by atoms with Crippen molar-refractivity contribution in [2.75, 3.05) is 19.5 Å². The lowest BCUT2D eigenvalue weighted by Crippen LogP contribution is -2.36. The Bertz CT molecular complexity index is 830. The van der Waals surface area contributed by atoms with Crippen molar-refractivity contribution in [3.8, 4) is 0 Å². The molecule has 204 valence electrons. The van der Waals surface area contributed by atoms with Crippen LogP contribution in [0.1, 0.15) is 70.2 Å². The molecule has 1 aromatic rings. The third-order valence-corrected chi connectivity index (χ3v) is 5.30. The fourth-order valence-corrected chi connectivity index (χ4v) is 2.59. The molecule has 0 aliphatic rings. The summed E-state index contributed by atoms with van der Waals surface area (Å²) in [5, 5.41) is 2.41. The Morgan fingerprint density at radius 1 is 1.06 bits per heavy atom. The highest BCUT2D eigenvalue weighted by molar-refractivity contribution is 7.86. The summed E-state index contributed by atoms with van der Waals surface area (Å²) in [4.78, 5) is 33.3. The van der Waals surface area contributed by atoms with E-state index in [4.69, 9.17) is 9.29 Å². The van der Waals surface area contributed by atoms with E-state index in [1.165, 1.54) is 52.3 Å². The minimum atomic E-state index is -4.43. The largest absolute Gasteiger partial charge is 0.374 e. The van der Waals surface area contributed by atoms with Crippen LogP contribution >= 0.6 is 0 Å². The van der Waals surface area contributed by atoms with Crippen molar-refractivity contribution in [2.45, 2.75) is 86.8 Å². The molecule has 2 unspecified atom stereocenters. The molecule has 0 heterocycles. The third kappa shape index (κ3) is 15.6. The SMILES string of the molecule is C.C.C.C.COC(C)(CCC(=O)Nc1ccccc1S(=O)(=O)O)C(C)=O.COC(C)C(C)=O.F. The summed E-state index contributed by atoms with van der Waals surface area (Å²) >= 11 is 0. The number of benzene rings is 1. The van der Waals surface area contributed by atoms with Gasteiger partial charge in [0.25, 0.3) is 10.1 Å². The van der Waals surface area contributed by atoms with Crippen molar-refractivity contribution >= 4 is 33.3 Å². The van der Waals surface area contributed by atoms with Crippen molar-refractivity contribution in [3.05, 3.63) is 24.3 Å². The van der Waals surface area contributed by atoms with Crippen molar-refractivity contribution in [3.63, 3.8) is 0 Å². The Hall–Kier alpha value is -2.21. The molecule has 0 saturated carbocycles. The van der Waals surface area contributed by atoms with Crippen LogP contribution in [-0.2, 0) is 34.0 Å². The molecule has 0 fully saturated rings. The summed E-state index contributed by atoms with van der Waals surface area (Å²) in [5.41, 5.74) is -1.09. The molecule has 0 aromatic heterocycles. The first-order chi connectivity index (χ1) is 13.3. The molecule has 1 rings (SSSR count). The summed E-state index contributed by atoms with van der Waals surface area (Å²) < 4.78 is 41.3. The lowest BCUT2D eigenvalue weighted by atomic mass is 9.95. The zero-order chi connectivity index (χ0) is 22.8. The molecule has 0 spiro atoms. The van der Waals surface area contributed by atoms with Crippen LogP contribution in [0.25, 0.3) is 0 Å². The predicted molar refractivity (Wildman–Crippen MR) is 137 cm³/mol. The first-order valence-electron chi connectivity index (χ1n) is 8.74. The standard InChI is InChI=1S/C14H19NO6S.C5H10O2.4CH4.FH/c1-10(16)14(2,21-3)9-8-13(17)15-11-6-4-5-7-12(11)22(18,19)20;1-4(6)5(2)7-3;;;;;/h4-7H,8-9H2,1-3H3,(H,15,17)(H,18,19,20);5H,1-3H3;4*1H4;1H. The molecule has 1 aromatic carbocycles. The summed E-state index contributed by atoms with van der Waals surface area (Å²) in [5.74, 6) is -0.621. The number of Topliss-reactive ketones (excluding diaryl/α,β-unsaturated/α-hetero) is 2. The molecule has 0 aliphatic heterocycles. The number of hydrogen-bond acceptors (Lipinski definition) is 7. The van der Waals surface area contributed by atoms with Gasteiger partial charge < -0.3 is 14.8 Å². The molecule has 0 radical (unpaired) electrons. The van der Waals surface area contributed by atoms with Crippen LogP contribution < -0.4 is 5.32 Å². The lowest BCUT2D eigenvalue weighted by Gasteiger charge is -2.24. The van der Waals surface area contributed by atoms with E-state index in [2.05, 4.69) is 10.1 Å². The number of carbonyl (C=O) groups excluding carboxylic acids is 3. The quantitative estimate of drug-likeness (QED) is 0.441. The lowest BCUT2D eigenvalue weighted by molar-refractivity contribution is -0.138. The highest BCUT2D eigenvalue weighted by atomic mass is 32.2. The molecular formula is C23H46FNO8S. The van der Waals surface area contributed by atoms with Crippen LogP contribution in [-0.4, -0.2) is 56.4 Å². The van der Waals surface area contributed by atoms with Gasteiger partial charge in [0, 0.05) is 20.6 Å². The maximum absolute atomic E-state index is 11.9. The van der Waals surface area contributed by atoms with Gasteiger partial charge in [-0.25, -0.2) is 0 Å². The molecule has 2 N–H and O–H groups in total. The van der Waals surface area contributed by atoms with Crippen LogP contribution in [0.15, 0.2) is 29.2 Å². The van der Waals surface area contributed by atoms with Gasteiger partial charge in [0.2, 0.25) is 5.91 Å². The topological polar surface area (TPSA) is 136 Å². The number of para-hydroxylation sites is 1. The van der Waals surface area contributed by atoms with E-state index >= 15 is 0 Å². The third-order valence-electron chi connectivity index (χ3n) is 4.39. The molecule has 9 nitrogen and oxygen atoms in total. The Morgan fingerprint density at radius 2 is 1.53 bits per heavy atom. The highest BCUT2D eigenvalue weighted by Gasteiger charge is 2.30. The number of ketones is 2. The van der Waals surface area contributed by atoms with Gasteiger partial charge in [-0.05, 0) is 46.2 Å². The first kappa shape index (κ1) is 45.3. The summed E-state index contributed by atoms with van der Waals surface area (Å²) in [7, 11) is -1.53. The van der Waals surface area contributed by atoms with E-state index in [1.54, 1.807) is 13.8 Å². The molecule has 0 bridgehead atoms. The summed E-state index contributed by atoms with van der Waals surface area (Å²) in [6.07, 6.45) is -0.123. The number of methoxy groups -OCH3 is 2. The Morgan fingerprint density at radius 3 is 1.85 bits per heavy atom. The summed E-state index contributed by atoms with van der Waals surface area (Å²) in [6.45, 7) is 6.18. The van der Waals surface area contributed by atoms with Crippen molar-refractivity contribution < 1.29 is 41.5 Å². The number of ether oxygens (including phenoxy) is 2. The minimum absolute atomic E-state index is 0. The van der Waals surface area contributed by atoms with E-state index in [0.29, 0.717) is 0 Å². The van der Waals surface area contributed by atoms with E-state index in [-0.39, 0.29) is 75.5 Å². The van der Waals surface area contributed by atoms with Crippen LogP contribution in [0.3, 0.4) is 0 Å². The van der Waals surface area contributed by atoms with E-state index < -0.39 is 21.6 Å². The van der Waals surface area contributed by atoms with Crippen LogP contribution in [0.4, 0.5) is 10.4 Å². The van der Waals surface area contributed by atoms with Gasteiger partial charge in [-0.15, -0.1) is 0 Å². The smallest absolute Gasteiger partial charge is 0.296 e. The van der Waals surface area contributed by atoms with Crippen LogP contribution in [0, 0.1) is 0 Å². The minimum Gasteiger partial charge on any atom is -0.374 e. The van der Waals surface area contributed by atoms with Gasteiger partial charge in [-0.3, -0.25) is 23.6 Å². The monoisotopic (exact) mass is 515 g/mol. The molecule has 34 heavy (non-hydrogen) atoms. The average Bonchev–Trinajstić information content (AvgIpc) is 2.65. The zero-order valence-corrected chi connectivity index (χ0v) is 18.7. The number of anilines is 1. The van der Waals surface area contributed by atoms with Gasteiger partial charge in [-0.1, -0.05) is 41.8 Å².